The van der Waals surface area contributed by atoms with Crippen LogP contribution in [-0.4, -0.2) is 18.4 Å². The first-order valence-corrected chi connectivity index (χ1v) is 9.49. The van der Waals surface area contributed by atoms with E-state index in [0.717, 1.165) is 22.5 Å². The molecule has 0 aliphatic carbocycles. The highest BCUT2D eigenvalue weighted by Gasteiger charge is 2.22. The van der Waals surface area contributed by atoms with Crippen LogP contribution in [0.3, 0.4) is 0 Å². The van der Waals surface area contributed by atoms with E-state index in [0.29, 0.717) is 23.5 Å². The number of nitrogens with zero attached hydrogens (tertiary/aromatic N) is 1. The lowest BCUT2D eigenvalue weighted by molar-refractivity contribution is -0.117. The summed E-state index contributed by atoms with van der Waals surface area (Å²) in [5, 5.41) is 2.88. The molecular weight excluding hydrogens is 363 g/mol. The van der Waals surface area contributed by atoms with E-state index in [1.807, 2.05) is 24.3 Å². The van der Waals surface area contributed by atoms with Gasteiger partial charge in [-0.05, 0) is 54.4 Å². The first-order chi connectivity index (χ1) is 13.1. The molecule has 1 saturated heterocycles. The van der Waals surface area contributed by atoms with E-state index in [4.69, 9.17) is 0 Å². The van der Waals surface area contributed by atoms with Gasteiger partial charge in [-0.3, -0.25) is 9.59 Å². The van der Waals surface area contributed by atoms with Crippen LogP contribution < -0.4 is 10.2 Å². The summed E-state index contributed by atoms with van der Waals surface area (Å²) >= 11 is 1.35. The molecule has 0 atom stereocenters. The number of nitrogens with one attached hydrogen (secondary N) is 1. The average molecular weight is 380 g/mol. The lowest BCUT2D eigenvalue weighted by atomic mass is 10.2. The normalized spacial score (nSPS) is 13.8. The maximum Gasteiger partial charge on any atom is 0.265 e. The van der Waals surface area contributed by atoms with Crippen molar-refractivity contribution in [2.75, 3.05) is 16.8 Å². The number of rotatable bonds is 4. The standard InChI is InChI=1S/C21H17FN2O2S/c22-15-8-6-14(7-9-15)18-10-11-19(27-18)21(26)23-16-3-1-4-17(13-16)24-12-2-5-20(24)25/h1,3-4,6-11,13H,2,5,12H2,(H,23,26). The zero-order valence-electron chi connectivity index (χ0n) is 14.4. The smallest absolute Gasteiger partial charge is 0.265 e. The molecule has 0 radical (unpaired) electrons. The minimum absolute atomic E-state index is 0.112. The van der Waals surface area contributed by atoms with Crippen LogP contribution in [0, 0.1) is 5.82 Å². The second kappa shape index (κ2) is 7.32. The molecule has 0 unspecified atom stereocenters. The summed E-state index contributed by atoms with van der Waals surface area (Å²) in [5.41, 5.74) is 2.32. The minimum Gasteiger partial charge on any atom is -0.321 e. The molecule has 3 aromatic rings. The van der Waals surface area contributed by atoms with Gasteiger partial charge in [-0.25, -0.2) is 4.39 Å². The van der Waals surface area contributed by atoms with Crippen LogP contribution in [0.25, 0.3) is 10.4 Å². The summed E-state index contributed by atoms with van der Waals surface area (Å²) in [6.45, 7) is 0.711. The van der Waals surface area contributed by atoms with Crippen molar-refractivity contribution in [3.05, 3.63) is 71.4 Å². The number of carbonyl (C=O) groups excluding carboxylic acids is 2. The number of hydrogen-bond acceptors (Lipinski definition) is 3. The van der Waals surface area contributed by atoms with E-state index < -0.39 is 0 Å². The largest absolute Gasteiger partial charge is 0.321 e. The summed E-state index contributed by atoms with van der Waals surface area (Å²) < 4.78 is 13.1. The molecule has 4 rings (SSSR count). The van der Waals surface area contributed by atoms with Crippen LogP contribution >= 0.6 is 11.3 Å². The fourth-order valence-electron chi connectivity index (χ4n) is 3.09. The highest BCUT2D eigenvalue weighted by atomic mass is 32.1. The first-order valence-electron chi connectivity index (χ1n) is 8.68. The fourth-order valence-corrected chi connectivity index (χ4v) is 4.00. The molecule has 2 amide bonds. The Morgan fingerprint density at radius 2 is 1.89 bits per heavy atom. The predicted octanol–water partition coefficient (Wildman–Crippen LogP) is 4.93. The van der Waals surface area contributed by atoms with Gasteiger partial charge in [0, 0.05) is 29.2 Å². The van der Waals surface area contributed by atoms with Gasteiger partial charge >= 0.3 is 0 Å². The van der Waals surface area contributed by atoms with Crippen LogP contribution in [0.15, 0.2) is 60.7 Å². The van der Waals surface area contributed by atoms with Crippen molar-refractivity contribution in [2.24, 2.45) is 0 Å². The molecule has 0 bridgehead atoms. The van der Waals surface area contributed by atoms with Crippen molar-refractivity contribution < 1.29 is 14.0 Å². The predicted molar refractivity (Wildman–Crippen MR) is 106 cm³/mol. The van der Waals surface area contributed by atoms with Gasteiger partial charge in [-0.2, -0.15) is 0 Å². The molecular formula is C21H17FN2O2S. The van der Waals surface area contributed by atoms with Crippen molar-refractivity contribution in [1.82, 2.24) is 0 Å². The van der Waals surface area contributed by atoms with Gasteiger partial charge in [0.1, 0.15) is 5.82 Å². The van der Waals surface area contributed by atoms with Crippen LogP contribution in [0.4, 0.5) is 15.8 Å². The van der Waals surface area contributed by atoms with Gasteiger partial charge in [0.25, 0.3) is 5.91 Å². The van der Waals surface area contributed by atoms with E-state index in [1.165, 1.54) is 23.5 Å². The van der Waals surface area contributed by atoms with Crippen LogP contribution in [0.5, 0.6) is 0 Å². The molecule has 0 saturated carbocycles. The van der Waals surface area contributed by atoms with Gasteiger partial charge < -0.3 is 10.2 Å². The lowest BCUT2D eigenvalue weighted by Crippen LogP contribution is -2.23. The topological polar surface area (TPSA) is 49.4 Å². The zero-order chi connectivity index (χ0) is 18.8. The highest BCUT2D eigenvalue weighted by Crippen LogP contribution is 2.29. The van der Waals surface area contributed by atoms with Crippen molar-refractivity contribution in [3.63, 3.8) is 0 Å². The van der Waals surface area contributed by atoms with Crippen LogP contribution in [0.2, 0.25) is 0 Å². The third kappa shape index (κ3) is 3.75. The maximum absolute atomic E-state index is 13.1. The number of halogens is 1. The lowest BCUT2D eigenvalue weighted by Gasteiger charge is -2.16. The summed E-state index contributed by atoms with van der Waals surface area (Å²) in [7, 11) is 0. The Morgan fingerprint density at radius 1 is 1.07 bits per heavy atom. The molecule has 4 nitrogen and oxygen atoms in total. The summed E-state index contributed by atoms with van der Waals surface area (Å²) in [6, 6.07) is 17.1. The molecule has 136 valence electrons. The van der Waals surface area contributed by atoms with Gasteiger partial charge in [-0.1, -0.05) is 18.2 Å². The SMILES string of the molecule is O=C(Nc1cccc(N2CCCC2=O)c1)c1ccc(-c2ccc(F)cc2)s1. The molecule has 2 heterocycles. The minimum atomic E-state index is -0.287. The average Bonchev–Trinajstić information content (AvgIpc) is 3.32. The summed E-state index contributed by atoms with van der Waals surface area (Å²) in [6.07, 6.45) is 1.43. The quantitative estimate of drug-likeness (QED) is 0.697. The van der Waals surface area contributed by atoms with E-state index >= 15 is 0 Å². The van der Waals surface area contributed by atoms with Gasteiger partial charge in [-0.15, -0.1) is 11.3 Å². The second-order valence-electron chi connectivity index (χ2n) is 6.32. The van der Waals surface area contributed by atoms with Crippen molar-refractivity contribution >= 4 is 34.5 Å². The van der Waals surface area contributed by atoms with E-state index in [2.05, 4.69) is 5.32 Å². The molecule has 1 fully saturated rings. The number of carbonyl (C=O) groups is 2. The number of amides is 2. The molecule has 6 heteroatoms. The Hall–Kier alpha value is -2.99. The first kappa shape index (κ1) is 17.4. The molecule has 1 aliphatic heterocycles. The molecule has 0 spiro atoms. The molecule has 27 heavy (non-hydrogen) atoms. The van der Waals surface area contributed by atoms with E-state index in [9.17, 15) is 14.0 Å². The Morgan fingerprint density at radius 3 is 2.63 bits per heavy atom. The van der Waals surface area contributed by atoms with Gasteiger partial charge in [0.15, 0.2) is 0 Å². The number of hydrogen-bond donors (Lipinski definition) is 1. The van der Waals surface area contributed by atoms with Crippen LogP contribution in [-0.2, 0) is 4.79 Å². The Labute approximate surface area is 160 Å². The Balaban J connectivity index is 1.50. The summed E-state index contributed by atoms with van der Waals surface area (Å²) in [4.78, 5) is 27.7. The second-order valence-corrected chi connectivity index (χ2v) is 7.41. The summed E-state index contributed by atoms with van der Waals surface area (Å²) in [5.74, 6) is -0.386. The van der Waals surface area contributed by atoms with E-state index in [1.54, 1.807) is 29.2 Å². The van der Waals surface area contributed by atoms with Crippen LogP contribution in [0.1, 0.15) is 22.5 Å². The third-order valence-electron chi connectivity index (χ3n) is 4.45. The monoisotopic (exact) mass is 380 g/mol. The molecule has 2 aromatic carbocycles. The Bertz CT molecular complexity index is 997. The Kier molecular flexibility index (Phi) is 4.73. The highest BCUT2D eigenvalue weighted by molar-refractivity contribution is 7.17. The number of benzene rings is 2. The van der Waals surface area contributed by atoms with Gasteiger partial charge in [0.2, 0.25) is 5.91 Å². The van der Waals surface area contributed by atoms with Crippen molar-refractivity contribution in [2.45, 2.75) is 12.8 Å². The molecule has 1 N–H and O–H groups in total. The van der Waals surface area contributed by atoms with E-state index in [-0.39, 0.29) is 17.6 Å². The fraction of sp³-hybridized carbons (Fsp3) is 0.143. The van der Waals surface area contributed by atoms with Gasteiger partial charge in [0.05, 0.1) is 4.88 Å². The zero-order valence-corrected chi connectivity index (χ0v) is 15.3. The van der Waals surface area contributed by atoms with Crippen molar-refractivity contribution in [3.8, 4) is 10.4 Å². The van der Waals surface area contributed by atoms with Crippen molar-refractivity contribution in [1.29, 1.82) is 0 Å². The molecule has 1 aliphatic rings. The third-order valence-corrected chi connectivity index (χ3v) is 5.58. The molecule has 1 aromatic heterocycles. The number of anilines is 2. The maximum atomic E-state index is 13.1. The number of thiophene rings is 1.